The number of ether oxygens (including phenoxy) is 1. The lowest BCUT2D eigenvalue weighted by Gasteiger charge is -2.07. The quantitative estimate of drug-likeness (QED) is 0.400. The summed E-state index contributed by atoms with van der Waals surface area (Å²) in [6, 6.07) is 16.8. The van der Waals surface area contributed by atoms with Gasteiger partial charge in [-0.2, -0.15) is 5.10 Å². The van der Waals surface area contributed by atoms with Crippen molar-refractivity contribution in [1.29, 1.82) is 0 Å². The number of thiazole rings is 1. The molecule has 0 aliphatic heterocycles. The standard InChI is InChI=1S/C22H21N3OS2/c1-4-23-22-25(24-13-20-10-5-15(2)28-20)21(14-27-22)18-7-6-17-12-19(26-3)9-8-16(17)11-18/h5-14H,4H2,1-3H3. The number of aromatic nitrogens is 1. The highest BCUT2D eigenvalue weighted by Gasteiger charge is 2.09. The van der Waals surface area contributed by atoms with Gasteiger partial charge in [-0.25, -0.2) is 4.68 Å². The fourth-order valence-corrected chi connectivity index (χ4v) is 4.65. The van der Waals surface area contributed by atoms with Crippen molar-refractivity contribution in [3.63, 3.8) is 0 Å². The Morgan fingerprint density at radius 2 is 1.89 bits per heavy atom. The van der Waals surface area contributed by atoms with Crippen LogP contribution >= 0.6 is 22.7 Å². The van der Waals surface area contributed by atoms with E-state index in [0.717, 1.165) is 38.6 Å². The SMILES string of the molecule is CCN=c1scc(-c2ccc3cc(OC)ccc3c2)n1N=Cc1ccc(C)s1. The number of fused-ring (bicyclic) bond motifs is 1. The summed E-state index contributed by atoms with van der Waals surface area (Å²) in [4.78, 5) is 7.92. The Labute approximate surface area is 172 Å². The minimum absolute atomic E-state index is 0.727. The van der Waals surface area contributed by atoms with Crippen molar-refractivity contribution in [3.05, 3.63) is 68.5 Å². The minimum atomic E-state index is 0.727. The number of nitrogens with zero attached hydrogens (tertiary/aromatic N) is 3. The van der Waals surface area contributed by atoms with Gasteiger partial charge in [-0.1, -0.05) is 18.2 Å². The van der Waals surface area contributed by atoms with Gasteiger partial charge in [0.15, 0.2) is 0 Å². The molecule has 6 heteroatoms. The molecule has 4 aromatic rings. The second-order valence-corrected chi connectivity index (χ2v) is 8.47. The third kappa shape index (κ3) is 3.79. The van der Waals surface area contributed by atoms with E-state index in [4.69, 9.17) is 9.84 Å². The zero-order valence-electron chi connectivity index (χ0n) is 16.0. The van der Waals surface area contributed by atoms with E-state index in [1.165, 1.54) is 10.3 Å². The van der Waals surface area contributed by atoms with E-state index in [0.29, 0.717) is 0 Å². The Kier molecular flexibility index (Phi) is 5.41. The summed E-state index contributed by atoms with van der Waals surface area (Å²) in [5, 5.41) is 9.20. The van der Waals surface area contributed by atoms with Gasteiger partial charge in [0.1, 0.15) is 5.75 Å². The predicted molar refractivity (Wildman–Crippen MR) is 120 cm³/mol. The van der Waals surface area contributed by atoms with Crippen LogP contribution in [0.3, 0.4) is 0 Å². The highest BCUT2D eigenvalue weighted by Crippen LogP contribution is 2.27. The molecule has 2 heterocycles. The van der Waals surface area contributed by atoms with Crippen LogP contribution in [0.25, 0.3) is 22.0 Å². The van der Waals surface area contributed by atoms with Crippen molar-refractivity contribution in [2.24, 2.45) is 10.1 Å². The molecular weight excluding hydrogens is 386 g/mol. The maximum Gasteiger partial charge on any atom is 0.206 e. The van der Waals surface area contributed by atoms with Crippen LogP contribution < -0.4 is 9.54 Å². The first kappa shape index (κ1) is 18.7. The molecule has 0 N–H and O–H groups in total. The summed E-state index contributed by atoms with van der Waals surface area (Å²) in [6.45, 7) is 4.87. The molecule has 0 amide bonds. The Morgan fingerprint density at radius 1 is 1.07 bits per heavy atom. The van der Waals surface area contributed by atoms with Crippen molar-refractivity contribution in [2.45, 2.75) is 13.8 Å². The van der Waals surface area contributed by atoms with Crippen LogP contribution in [0.2, 0.25) is 0 Å². The van der Waals surface area contributed by atoms with Crippen LogP contribution in [0, 0.1) is 6.92 Å². The molecule has 0 atom stereocenters. The van der Waals surface area contributed by atoms with Crippen molar-refractivity contribution >= 4 is 39.7 Å². The van der Waals surface area contributed by atoms with Gasteiger partial charge in [0.25, 0.3) is 0 Å². The van der Waals surface area contributed by atoms with Crippen LogP contribution in [0.15, 0.2) is 64.0 Å². The van der Waals surface area contributed by atoms with Gasteiger partial charge in [0.2, 0.25) is 4.80 Å². The smallest absolute Gasteiger partial charge is 0.206 e. The second-order valence-electron chi connectivity index (χ2n) is 6.31. The molecule has 4 nitrogen and oxygen atoms in total. The van der Waals surface area contributed by atoms with Crippen LogP contribution in [0.5, 0.6) is 5.75 Å². The summed E-state index contributed by atoms with van der Waals surface area (Å²) < 4.78 is 7.27. The van der Waals surface area contributed by atoms with Crippen LogP contribution in [-0.4, -0.2) is 24.5 Å². The Hall–Kier alpha value is -2.70. The molecule has 0 aliphatic rings. The van der Waals surface area contributed by atoms with Crippen LogP contribution in [0.4, 0.5) is 0 Å². The number of aryl methyl sites for hydroxylation is 1. The van der Waals surface area contributed by atoms with E-state index in [1.54, 1.807) is 29.8 Å². The van der Waals surface area contributed by atoms with E-state index in [9.17, 15) is 0 Å². The van der Waals surface area contributed by atoms with Gasteiger partial charge in [-0.3, -0.25) is 4.99 Å². The highest BCUT2D eigenvalue weighted by atomic mass is 32.1. The molecule has 0 fully saturated rings. The van der Waals surface area contributed by atoms with E-state index in [1.807, 2.05) is 23.9 Å². The zero-order chi connectivity index (χ0) is 19.5. The van der Waals surface area contributed by atoms with E-state index >= 15 is 0 Å². The monoisotopic (exact) mass is 407 g/mol. The van der Waals surface area contributed by atoms with Gasteiger partial charge < -0.3 is 4.74 Å². The molecule has 2 aromatic heterocycles. The van der Waals surface area contributed by atoms with Gasteiger partial charge in [0.05, 0.1) is 19.0 Å². The first-order valence-corrected chi connectivity index (χ1v) is 10.8. The maximum atomic E-state index is 5.33. The average Bonchev–Trinajstić information content (AvgIpc) is 3.31. The normalized spacial score (nSPS) is 12.3. The lowest BCUT2D eigenvalue weighted by Crippen LogP contribution is -2.12. The van der Waals surface area contributed by atoms with Gasteiger partial charge in [0, 0.05) is 27.2 Å². The number of thiophene rings is 1. The second kappa shape index (κ2) is 8.12. The largest absolute Gasteiger partial charge is 0.497 e. The molecule has 28 heavy (non-hydrogen) atoms. The summed E-state index contributed by atoms with van der Waals surface area (Å²) in [6.07, 6.45) is 1.91. The van der Waals surface area contributed by atoms with Crippen molar-refractivity contribution in [3.8, 4) is 17.0 Å². The molecule has 142 valence electrons. The molecule has 0 aliphatic carbocycles. The van der Waals surface area contributed by atoms with Crippen molar-refractivity contribution in [1.82, 2.24) is 4.68 Å². The number of hydrogen-bond donors (Lipinski definition) is 0. The van der Waals surface area contributed by atoms with Crippen LogP contribution in [-0.2, 0) is 0 Å². The van der Waals surface area contributed by atoms with Crippen molar-refractivity contribution in [2.75, 3.05) is 13.7 Å². The molecule has 0 saturated carbocycles. The number of rotatable bonds is 5. The molecule has 0 unspecified atom stereocenters. The number of hydrogen-bond acceptors (Lipinski definition) is 5. The molecule has 0 radical (unpaired) electrons. The number of methoxy groups -OCH3 is 1. The molecular formula is C22H21N3OS2. The molecule has 0 spiro atoms. The third-order valence-corrected chi connectivity index (χ3v) is 6.17. The molecule has 0 bridgehead atoms. The third-order valence-electron chi connectivity index (χ3n) is 4.38. The fraction of sp³-hybridized carbons (Fsp3) is 0.182. The van der Waals surface area contributed by atoms with E-state index in [2.05, 4.69) is 59.8 Å². The molecule has 4 rings (SSSR count). The van der Waals surface area contributed by atoms with Gasteiger partial charge >= 0.3 is 0 Å². The Balaban J connectivity index is 1.80. The van der Waals surface area contributed by atoms with Gasteiger partial charge in [-0.05, 0) is 55.0 Å². The molecule has 2 aromatic carbocycles. The lowest BCUT2D eigenvalue weighted by molar-refractivity contribution is 0.415. The highest BCUT2D eigenvalue weighted by molar-refractivity contribution is 7.13. The summed E-state index contributed by atoms with van der Waals surface area (Å²) >= 11 is 3.35. The summed E-state index contributed by atoms with van der Waals surface area (Å²) in [5.74, 6) is 0.866. The minimum Gasteiger partial charge on any atom is -0.497 e. The first-order chi connectivity index (χ1) is 13.7. The zero-order valence-corrected chi connectivity index (χ0v) is 17.7. The Bertz CT molecular complexity index is 1210. The first-order valence-electron chi connectivity index (χ1n) is 9.08. The van der Waals surface area contributed by atoms with Crippen LogP contribution in [0.1, 0.15) is 16.7 Å². The van der Waals surface area contributed by atoms with Gasteiger partial charge in [-0.15, -0.1) is 22.7 Å². The number of benzene rings is 2. The topological polar surface area (TPSA) is 38.9 Å². The summed E-state index contributed by atoms with van der Waals surface area (Å²) in [5.41, 5.74) is 2.16. The lowest BCUT2D eigenvalue weighted by atomic mass is 10.1. The fourth-order valence-electron chi connectivity index (χ4n) is 3.00. The maximum absolute atomic E-state index is 5.33. The van der Waals surface area contributed by atoms with E-state index in [-0.39, 0.29) is 0 Å². The summed E-state index contributed by atoms with van der Waals surface area (Å²) in [7, 11) is 1.69. The Morgan fingerprint density at radius 3 is 2.64 bits per heavy atom. The predicted octanol–water partition coefficient (Wildman–Crippen LogP) is 5.55. The molecule has 0 saturated heterocycles. The van der Waals surface area contributed by atoms with E-state index < -0.39 is 0 Å². The average molecular weight is 408 g/mol. The van der Waals surface area contributed by atoms with Crippen molar-refractivity contribution < 1.29 is 4.74 Å².